The van der Waals surface area contributed by atoms with E-state index < -0.39 is 11.6 Å². The van der Waals surface area contributed by atoms with Crippen LogP contribution in [0.5, 0.6) is 5.75 Å². The lowest BCUT2D eigenvalue weighted by Crippen LogP contribution is -2.49. The van der Waals surface area contributed by atoms with Gasteiger partial charge < -0.3 is 15.2 Å². The predicted octanol–water partition coefficient (Wildman–Crippen LogP) is 3.02. The van der Waals surface area contributed by atoms with Crippen LogP contribution in [0.4, 0.5) is 8.78 Å². The number of nitrogens with one attached hydrogen (secondary N) is 1. The highest BCUT2D eigenvalue weighted by Gasteiger charge is 2.33. The number of hydrogen-bond donors (Lipinski definition) is 2. The second kappa shape index (κ2) is 7.18. The Morgan fingerprint density at radius 2 is 2.10 bits per heavy atom. The Labute approximate surface area is 124 Å². The highest BCUT2D eigenvalue weighted by atomic mass is 19.2. The van der Waals surface area contributed by atoms with E-state index in [2.05, 4.69) is 12.2 Å². The molecule has 0 radical (unpaired) electrons. The van der Waals surface area contributed by atoms with Crippen molar-refractivity contribution in [3.63, 3.8) is 0 Å². The van der Waals surface area contributed by atoms with E-state index >= 15 is 0 Å². The minimum atomic E-state index is -0.902. The minimum absolute atomic E-state index is 0.102. The molecule has 1 unspecified atom stereocenters. The molecular formula is C16H23F2NO2. The Balaban J connectivity index is 1.77. The van der Waals surface area contributed by atoms with Crippen molar-refractivity contribution in [2.75, 3.05) is 13.2 Å². The third-order valence-electron chi connectivity index (χ3n) is 4.03. The number of aliphatic hydroxyl groups excluding tert-OH is 1. The average Bonchev–Trinajstić information content (AvgIpc) is 3.30. The van der Waals surface area contributed by atoms with Crippen LogP contribution in [0.3, 0.4) is 0 Å². The van der Waals surface area contributed by atoms with E-state index in [4.69, 9.17) is 4.74 Å². The van der Waals surface area contributed by atoms with Gasteiger partial charge in [0.1, 0.15) is 5.75 Å². The lowest BCUT2D eigenvalue weighted by Gasteiger charge is -2.32. The summed E-state index contributed by atoms with van der Waals surface area (Å²) in [7, 11) is 0. The molecular weight excluding hydrogens is 276 g/mol. The number of halogens is 2. The monoisotopic (exact) mass is 299 g/mol. The summed E-state index contributed by atoms with van der Waals surface area (Å²) in [6, 6.07) is 4.06. The second-order valence-electron chi connectivity index (χ2n) is 5.74. The van der Waals surface area contributed by atoms with E-state index in [0.29, 0.717) is 18.4 Å². The number of ether oxygens (including phenoxy) is 1. The second-order valence-corrected chi connectivity index (χ2v) is 5.74. The molecule has 1 aliphatic carbocycles. The van der Waals surface area contributed by atoms with Crippen molar-refractivity contribution in [1.29, 1.82) is 0 Å². The summed E-state index contributed by atoms with van der Waals surface area (Å²) in [4.78, 5) is 0. The van der Waals surface area contributed by atoms with Gasteiger partial charge in [0.25, 0.3) is 0 Å². The third kappa shape index (κ3) is 4.64. The Kier molecular flexibility index (Phi) is 5.53. The van der Waals surface area contributed by atoms with Gasteiger partial charge in [-0.1, -0.05) is 6.92 Å². The molecule has 0 saturated heterocycles. The molecule has 118 valence electrons. The number of benzene rings is 1. The standard InChI is InChI=1S/C16H23F2NO2/c1-2-16(11-20,19-12-4-5-12)8-3-9-21-13-6-7-14(17)15(18)10-13/h6-7,10,12,19-20H,2-5,8-9,11H2,1H3. The third-order valence-corrected chi connectivity index (χ3v) is 4.03. The van der Waals surface area contributed by atoms with Crippen molar-refractivity contribution in [2.24, 2.45) is 0 Å². The molecule has 1 saturated carbocycles. The fourth-order valence-corrected chi connectivity index (χ4v) is 2.42. The summed E-state index contributed by atoms with van der Waals surface area (Å²) < 4.78 is 31.3. The van der Waals surface area contributed by atoms with Crippen LogP contribution in [0.1, 0.15) is 39.0 Å². The molecule has 1 aromatic carbocycles. The van der Waals surface area contributed by atoms with Crippen LogP contribution < -0.4 is 10.1 Å². The van der Waals surface area contributed by atoms with Crippen LogP contribution in [0.25, 0.3) is 0 Å². The molecule has 0 heterocycles. The van der Waals surface area contributed by atoms with Crippen LogP contribution in [0, 0.1) is 11.6 Å². The zero-order valence-corrected chi connectivity index (χ0v) is 12.4. The normalized spacial score (nSPS) is 17.5. The first-order valence-electron chi connectivity index (χ1n) is 7.55. The topological polar surface area (TPSA) is 41.5 Å². The van der Waals surface area contributed by atoms with Crippen LogP contribution in [-0.2, 0) is 0 Å². The van der Waals surface area contributed by atoms with Gasteiger partial charge in [-0.3, -0.25) is 0 Å². The lowest BCUT2D eigenvalue weighted by molar-refractivity contribution is 0.135. The van der Waals surface area contributed by atoms with Gasteiger partial charge >= 0.3 is 0 Å². The number of hydrogen-bond acceptors (Lipinski definition) is 3. The number of rotatable bonds is 9. The SMILES string of the molecule is CCC(CO)(CCCOc1ccc(F)c(F)c1)NC1CC1. The van der Waals surface area contributed by atoms with Crippen LogP contribution in [-0.4, -0.2) is 29.9 Å². The van der Waals surface area contributed by atoms with Gasteiger partial charge in [-0.05, 0) is 44.2 Å². The molecule has 0 aliphatic heterocycles. The molecule has 0 bridgehead atoms. The first-order chi connectivity index (χ1) is 10.1. The Morgan fingerprint density at radius 3 is 2.67 bits per heavy atom. The van der Waals surface area contributed by atoms with E-state index in [9.17, 15) is 13.9 Å². The van der Waals surface area contributed by atoms with Crippen molar-refractivity contribution in [2.45, 2.75) is 50.6 Å². The lowest BCUT2D eigenvalue weighted by atomic mass is 9.91. The zero-order valence-electron chi connectivity index (χ0n) is 12.4. The quantitative estimate of drug-likeness (QED) is 0.689. The van der Waals surface area contributed by atoms with Gasteiger partial charge in [0.2, 0.25) is 0 Å². The van der Waals surface area contributed by atoms with Gasteiger partial charge in [0, 0.05) is 17.6 Å². The van der Waals surface area contributed by atoms with E-state index in [-0.39, 0.29) is 12.1 Å². The van der Waals surface area contributed by atoms with Crippen LogP contribution in [0.2, 0.25) is 0 Å². The Morgan fingerprint density at radius 1 is 1.33 bits per heavy atom. The summed E-state index contributed by atoms with van der Waals surface area (Å²) in [6.45, 7) is 2.58. The first kappa shape index (κ1) is 16.2. The summed E-state index contributed by atoms with van der Waals surface area (Å²) >= 11 is 0. The summed E-state index contributed by atoms with van der Waals surface area (Å²) in [5.41, 5.74) is -0.251. The van der Waals surface area contributed by atoms with Crippen LogP contribution >= 0.6 is 0 Å². The fourth-order valence-electron chi connectivity index (χ4n) is 2.42. The maximum Gasteiger partial charge on any atom is 0.162 e. The van der Waals surface area contributed by atoms with Gasteiger partial charge in [0.05, 0.1) is 13.2 Å². The molecule has 1 atom stereocenters. The van der Waals surface area contributed by atoms with Crippen LogP contribution in [0.15, 0.2) is 18.2 Å². The van der Waals surface area contributed by atoms with Gasteiger partial charge in [-0.2, -0.15) is 0 Å². The first-order valence-corrected chi connectivity index (χ1v) is 7.55. The summed E-state index contributed by atoms with van der Waals surface area (Å²) in [5, 5.41) is 13.1. The van der Waals surface area contributed by atoms with Gasteiger partial charge in [-0.15, -0.1) is 0 Å². The Hall–Kier alpha value is -1.20. The number of aliphatic hydroxyl groups is 1. The highest BCUT2D eigenvalue weighted by Crippen LogP contribution is 2.27. The van der Waals surface area contributed by atoms with E-state index in [1.165, 1.54) is 18.9 Å². The van der Waals surface area contributed by atoms with Gasteiger partial charge in [0.15, 0.2) is 11.6 Å². The molecule has 0 aromatic heterocycles. The predicted molar refractivity (Wildman–Crippen MR) is 77.4 cm³/mol. The van der Waals surface area contributed by atoms with Crippen molar-refractivity contribution in [3.05, 3.63) is 29.8 Å². The molecule has 2 N–H and O–H groups in total. The maximum absolute atomic E-state index is 13.0. The summed E-state index contributed by atoms with van der Waals surface area (Å²) in [6.07, 6.45) is 4.73. The molecule has 5 heteroatoms. The van der Waals surface area contributed by atoms with Crippen molar-refractivity contribution in [1.82, 2.24) is 5.32 Å². The molecule has 3 nitrogen and oxygen atoms in total. The zero-order chi connectivity index (χ0) is 15.3. The van der Waals surface area contributed by atoms with Crippen molar-refractivity contribution in [3.8, 4) is 5.75 Å². The minimum Gasteiger partial charge on any atom is -0.493 e. The fraction of sp³-hybridized carbons (Fsp3) is 0.625. The maximum atomic E-state index is 13.0. The molecule has 2 rings (SSSR count). The average molecular weight is 299 g/mol. The molecule has 1 fully saturated rings. The van der Waals surface area contributed by atoms with Gasteiger partial charge in [-0.25, -0.2) is 8.78 Å². The van der Waals surface area contributed by atoms with E-state index in [1.54, 1.807) is 0 Å². The molecule has 0 amide bonds. The summed E-state index contributed by atoms with van der Waals surface area (Å²) in [5.74, 6) is -1.45. The van der Waals surface area contributed by atoms with Crippen molar-refractivity contribution < 1.29 is 18.6 Å². The van der Waals surface area contributed by atoms with E-state index in [0.717, 1.165) is 31.4 Å². The molecule has 1 aromatic rings. The molecule has 21 heavy (non-hydrogen) atoms. The highest BCUT2D eigenvalue weighted by molar-refractivity contribution is 5.23. The van der Waals surface area contributed by atoms with Crippen molar-refractivity contribution >= 4 is 0 Å². The smallest absolute Gasteiger partial charge is 0.162 e. The molecule has 1 aliphatic rings. The molecule has 0 spiro atoms. The largest absolute Gasteiger partial charge is 0.493 e. The Bertz CT molecular complexity index is 460. The van der Waals surface area contributed by atoms with E-state index in [1.807, 2.05) is 0 Å².